The Kier molecular flexibility index (Phi) is 6.90. The summed E-state index contributed by atoms with van der Waals surface area (Å²) in [5, 5.41) is 12.1. The number of nitrogens with one attached hydrogen (secondary N) is 1. The van der Waals surface area contributed by atoms with E-state index in [-0.39, 0.29) is 17.6 Å². The van der Waals surface area contributed by atoms with Gasteiger partial charge in [0.25, 0.3) is 5.91 Å². The Morgan fingerprint density at radius 2 is 2.10 bits per heavy atom. The van der Waals surface area contributed by atoms with Crippen molar-refractivity contribution in [2.45, 2.75) is 19.4 Å². The van der Waals surface area contributed by atoms with Gasteiger partial charge in [-0.25, -0.2) is 0 Å². The van der Waals surface area contributed by atoms with Gasteiger partial charge in [-0.2, -0.15) is 0 Å². The van der Waals surface area contributed by atoms with Crippen molar-refractivity contribution in [3.05, 3.63) is 71.0 Å². The molecule has 1 atom stereocenters. The summed E-state index contributed by atoms with van der Waals surface area (Å²) in [6.07, 6.45) is 7.31. The summed E-state index contributed by atoms with van der Waals surface area (Å²) in [5.41, 5.74) is 0.993. The lowest BCUT2D eigenvalue weighted by Crippen LogP contribution is -2.47. The van der Waals surface area contributed by atoms with Crippen LogP contribution in [0.3, 0.4) is 0 Å². The van der Waals surface area contributed by atoms with Crippen molar-refractivity contribution in [3.63, 3.8) is 0 Å². The molecule has 1 aromatic heterocycles. The number of phenolic OH excluding ortho intramolecular Hbond substituents is 1. The first-order chi connectivity index (χ1) is 14.0. The van der Waals surface area contributed by atoms with Gasteiger partial charge < -0.3 is 14.8 Å². The number of carbonyl (C=O) groups is 2. The molecule has 0 bridgehead atoms. The Balaban J connectivity index is 1.55. The zero-order valence-corrected chi connectivity index (χ0v) is 17.3. The van der Waals surface area contributed by atoms with Crippen molar-refractivity contribution in [1.29, 1.82) is 0 Å². The van der Waals surface area contributed by atoms with Crippen LogP contribution in [0.15, 0.2) is 64.1 Å². The number of furan rings is 1. The monoisotopic (exact) mass is 428 g/mol. The molecule has 1 aliphatic heterocycles. The fourth-order valence-electron chi connectivity index (χ4n) is 2.70. The number of carbonyl (C=O) groups excluding carboxylic acids is 2. The molecule has 3 rings (SSSR count). The molecule has 2 N–H and O–H groups in total. The number of benzene rings is 1. The highest BCUT2D eigenvalue weighted by Crippen LogP contribution is 2.32. The zero-order chi connectivity index (χ0) is 20.8. The van der Waals surface area contributed by atoms with Crippen molar-refractivity contribution in [3.8, 4) is 5.75 Å². The lowest BCUT2D eigenvalue weighted by molar-refractivity contribution is -0.132. The second kappa shape index (κ2) is 9.58. The van der Waals surface area contributed by atoms with E-state index >= 15 is 0 Å². The van der Waals surface area contributed by atoms with Crippen LogP contribution in [-0.2, 0) is 16.0 Å². The Bertz CT molecular complexity index is 950. The summed E-state index contributed by atoms with van der Waals surface area (Å²) in [6, 6.07) is 9.68. The highest BCUT2D eigenvalue weighted by Gasteiger charge is 2.37. The van der Waals surface area contributed by atoms with Gasteiger partial charge in [0.2, 0.25) is 5.91 Å². The molecule has 6 nitrogen and oxygen atoms in total. The highest BCUT2D eigenvalue weighted by molar-refractivity contribution is 8.26. The number of phenols is 1. The summed E-state index contributed by atoms with van der Waals surface area (Å²) in [4.78, 5) is 26.9. The van der Waals surface area contributed by atoms with E-state index < -0.39 is 6.04 Å². The third-order valence-electron chi connectivity index (χ3n) is 4.29. The van der Waals surface area contributed by atoms with Crippen LogP contribution < -0.4 is 5.32 Å². The number of amides is 2. The Hall–Kier alpha value is -2.84. The van der Waals surface area contributed by atoms with E-state index in [1.807, 2.05) is 0 Å². The summed E-state index contributed by atoms with van der Waals surface area (Å²) in [6.45, 7) is 2.08. The van der Waals surface area contributed by atoms with Gasteiger partial charge >= 0.3 is 0 Å². The molecule has 2 aromatic rings. The molecule has 0 radical (unpaired) electrons. The zero-order valence-electron chi connectivity index (χ0n) is 15.7. The molecule has 2 amide bonds. The average molecular weight is 429 g/mol. The van der Waals surface area contributed by atoms with Crippen LogP contribution in [0.1, 0.15) is 18.2 Å². The van der Waals surface area contributed by atoms with Gasteiger partial charge in [-0.3, -0.25) is 14.5 Å². The summed E-state index contributed by atoms with van der Waals surface area (Å²) in [5.74, 6) is 0.323. The smallest absolute Gasteiger partial charge is 0.266 e. The molecule has 1 saturated heterocycles. The number of rotatable bonds is 7. The normalized spacial score (nSPS) is 16.7. The quantitative estimate of drug-likeness (QED) is 0.519. The van der Waals surface area contributed by atoms with E-state index in [1.54, 1.807) is 67.8 Å². The molecule has 2 heterocycles. The van der Waals surface area contributed by atoms with Crippen LogP contribution in [0.5, 0.6) is 5.75 Å². The van der Waals surface area contributed by atoms with Crippen molar-refractivity contribution in [1.82, 2.24) is 10.2 Å². The van der Waals surface area contributed by atoms with Crippen LogP contribution in [-0.4, -0.2) is 38.7 Å². The lowest BCUT2D eigenvalue weighted by atomic mass is 10.1. The van der Waals surface area contributed by atoms with E-state index in [0.29, 0.717) is 28.0 Å². The molecule has 1 fully saturated rings. The number of hydrogen-bond donors (Lipinski definition) is 2. The minimum absolute atomic E-state index is 0.202. The van der Waals surface area contributed by atoms with E-state index in [1.165, 1.54) is 16.7 Å². The highest BCUT2D eigenvalue weighted by atomic mass is 32.2. The summed E-state index contributed by atoms with van der Waals surface area (Å²) in [7, 11) is 0. The maximum absolute atomic E-state index is 12.7. The first-order valence-corrected chi connectivity index (χ1v) is 10.2. The van der Waals surface area contributed by atoms with Crippen molar-refractivity contribution < 1.29 is 19.1 Å². The molecule has 1 unspecified atom stereocenters. The topological polar surface area (TPSA) is 82.8 Å². The Morgan fingerprint density at radius 3 is 2.79 bits per heavy atom. The third-order valence-corrected chi connectivity index (χ3v) is 5.64. The number of thiocarbonyl (C=S) groups is 1. The molecule has 0 saturated carbocycles. The molecule has 1 aliphatic rings. The first kappa shape index (κ1) is 20.9. The molecule has 29 heavy (non-hydrogen) atoms. The number of aromatic hydroxyl groups is 1. The van der Waals surface area contributed by atoms with Gasteiger partial charge in [0.05, 0.1) is 11.2 Å². The van der Waals surface area contributed by atoms with E-state index in [0.717, 1.165) is 5.56 Å². The van der Waals surface area contributed by atoms with Crippen LogP contribution in [0.2, 0.25) is 0 Å². The maximum atomic E-state index is 12.7. The molecular weight excluding hydrogens is 408 g/mol. The van der Waals surface area contributed by atoms with Gasteiger partial charge in [0.1, 0.15) is 21.9 Å². The van der Waals surface area contributed by atoms with Gasteiger partial charge in [0.15, 0.2) is 0 Å². The molecular formula is C21H20N2O4S2. The van der Waals surface area contributed by atoms with Crippen LogP contribution in [0.25, 0.3) is 6.08 Å². The lowest BCUT2D eigenvalue weighted by Gasteiger charge is -2.22. The molecule has 0 aliphatic carbocycles. The standard InChI is InChI=1S/C21H20N2O4S2/c1-14(19(25)22-12-11-15-7-9-16(24)10-8-15)23-20(26)18(29-21(23)28)6-2-4-17-5-3-13-27-17/h2-10,13-14,24H,11-12H2,1H3,(H,22,25). The maximum Gasteiger partial charge on any atom is 0.266 e. The van der Waals surface area contributed by atoms with E-state index in [2.05, 4.69) is 5.32 Å². The fraction of sp³-hybridized carbons (Fsp3) is 0.190. The largest absolute Gasteiger partial charge is 0.508 e. The summed E-state index contributed by atoms with van der Waals surface area (Å²) >= 11 is 6.47. The number of allylic oxidation sites excluding steroid dienone is 2. The van der Waals surface area contributed by atoms with Crippen molar-refractivity contribution in [2.24, 2.45) is 0 Å². The Labute approximate surface area is 178 Å². The SMILES string of the molecule is CC(C(=O)NCCc1ccc(O)cc1)N1C(=O)C(=CC=Cc2ccco2)SC1=S. The number of nitrogens with zero attached hydrogens (tertiary/aromatic N) is 1. The predicted molar refractivity (Wildman–Crippen MR) is 117 cm³/mol. The van der Waals surface area contributed by atoms with E-state index in [9.17, 15) is 14.7 Å². The van der Waals surface area contributed by atoms with E-state index in [4.69, 9.17) is 16.6 Å². The van der Waals surface area contributed by atoms with Crippen molar-refractivity contribution in [2.75, 3.05) is 6.54 Å². The first-order valence-electron chi connectivity index (χ1n) is 8.98. The Morgan fingerprint density at radius 1 is 1.34 bits per heavy atom. The number of thioether (sulfide) groups is 1. The van der Waals surface area contributed by atoms with Crippen LogP contribution in [0.4, 0.5) is 0 Å². The second-order valence-electron chi connectivity index (χ2n) is 6.33. The predicted octanol–water partition coefficient (Wildman–Crippen LogP) is 3.49. The molecule has 150 valence electrons. The molecule has 8 heteroatoms. The number of hydrogen-bond acceptors (Lipinski definition) is 6. The van der Waals surface area contributed by atoms with Gasteiger partial charge in [-0.05, 0) is 55.3 Å². The van der Waals surface area contributed by atoms with Crippen LogP contribution in [0, 0.1) is 0 Å². The van der Waals surface area contributed by atoms with Crippen LogP contribution >= 0.6 is 24.0 Å². The molecule has 1 aromatic carbocycles. The van der Waals surface area contributed by atoms with Crippen molar-refractivity contribution >= 4 is 46.2 Å². The minimum atomic E-state index is -0.706. The van der Waals surface area contributed by atoms with Gasteiger partial charge in [0, 0.05) is 6.54 Å². The molecule has 0 spiro atoms. The third kappa shape index (κ3) is 5.36. The van der Waals surface area contributed by atoms with Gasteiger partial charge in [-0.15, -0.1) is 0 Å². The minimum Gasteiger partial charge on any atom is -0.508 e. The average Bonchev–Trinajstić information content (AvgIpc) is 3.31. The fourth-order valence-corrected chi connectivity index (χ4v) is 4.07. The second-order valence-corrected chi connectivity index (χ2v) is 8.01. The summed E-state index contributed by atoms with van der Waals surface area (Å²) < 4.78 is 5.56. The van der Waals surface area contributed by atoms with Gasteiger partial charge in [-0.1, -0.05) is 42.2 Å².